The second-order valence-electron chi connectivity index (χ2n) is 5.33. The summed E-state index contributed by atoms with van der Waals surface area (Å²) < 4.78 is 5.48. The molecule has 1 rings (SSSR count). The van der Waals surface area contributed by atoms with Gasteiger partial charge in [-0.15, -0.1) is 0 Å². The van der Waals surface area contributed by atoms with Crippen LogP contribution in [0.5, 0.6) is 5.75 Å². The molecule has 0 aliphatic rings. The molecule has 114 valence electrons. The van der Waals surface area contributed by atoms with Crippen LogP contribution in [0.1, 0.15) is 49.8 Å². The van der Waals surface area contributed by atoms with Gasteiger partial charge in [0.25, 0.3) is 0 Å². The first kappa shape index (κ1) is 17.4. The van der Waals surface area contributed by atoms with Crippen LogP contribution < -0.4 is 10.1 Å². The Hall–Kier alpha value is -0.670. The second kappa shape index (κ2) is 10.1. The lowest BCUT2D eigenvalue weighted by Gasteiger charge is -2.17. The summed E-state index contributed by atoms with van der Waals surface area (Å²) in [5.41, 5.74) is 2.49. The fourth-order valence-electron chi connectivity index (χ4n) is 2.33. The maximum Gasteiger partial charge on any atom is 0.123 e. The molecule has 1 unspecified atom stereocenters. The Morgan fingerprint density at radius 1 is 1.20 bits per heavy atom. The molecule has 0 aliphatic carbocycles. The molecule has 1 aromatic rings. The van der Waals surface area contributed by atoms with Crippen molar-refractivity contribution in [2.24, 2.45) is 0 Å². The van der Waals surface area contributed by atoms with Crippen molar-refractivity contribution in [2.45, 2.75) is 45.6 Å². The van der Waals surface area contributed by atoms with E-state index >= 15 is 0 Å². The van der Waals surface area contributed by atoms with E-state index in [1.54, 1.807) is 7.11 Å². The van der Waals surface area contributed by atoms with Gasteiger partial charge in [-0.25, -0.2) is 0 Å². The van der Waals surface area contributed by atoms with Gasteiger partial charge in [0.2, 0.25) is 0 Å². The molecule has 0 fully saturated rings. The largest absolute Gasteiger partial charge is 0.496 e. The quantitative estimate of drug-likeness (QED) is 0.639. The third-order valence-electron chi connectivity index (χ3n) is 3.58. The molecule has 0 heterocycles. The molecule has 0 bridgehead atoms. The van der Waals surface area contributed by atoms with Gasteiger partial charge >= 0.3 is 0 Å². The summed E-state index contributed by atoms with van der Waals surface area (Å²) in [6, 6.07) is 6.77. The number of aryl methyl sites for hydroxylation is 1. The average Bonchev–Trinajstić information content (AvgIpc) is 2.45. The van der Waals surface area contributed by atoms with Crippen LogP contribution in [0.15, 0.2) is 18.2 Å². The van der Waals surface area contributed by atoms with Gasteiger partial charge in [-0.2, -0.15) is 11.8 Å². The molecule has 2 nitrogen and oxygen atoms in total. The predicted molar refractivity (Wildman–Crippen MR) is 91.0 cm³/mol. The first-order valence-corrected chi connectivity index (χ1v) is 8.95. The van der Waals surface area contributed by atoms with Crippen molar-refractivity contribution in [1.82, 2.24) is 5.32 Å². The maximum absolute atomic E-state index is 5.48. The van der Waals surface area contributed by atoms with Crippen LogP contribution in [-0.2, 0) is 0 Å². The maximum atomic E-state index is 5.48. The van der Waals surface area contributed by atoms with Crippen LogP contribution in [-0.4, -0.2) is 25.7 Å². The highest BCUT2D eigenvalue weighted by Crippen LogP contribution is 2.26. The van der Waals surface area contributed by atoms with Crippen molar-refractivity contribution in [1.29, 1.82) is 0 Å². The fourth-order valence-corrected chi connectivity index (χ4v) is 2.82. The lowest BCUT2D eigenvalue weighted by atomic mass is 10.0. The number of nitrogens with one attached hydrogen (secondary N) is 1. The molecule has 0 aromatic heterocycles. The summed E-state index contributed by atoms with van der Waals surface area (Å²) in [7, 11) is 1.75. The summed E-state index contributed by atoms with van der Waals surface area (Å²) in [5, 5.41) is 3.60. The van der Waals surface area contributed by atoms with E-state index in [0.29, 0.717) is 6.04 Å². The number of rotatable bonds is 10. The van der Waals surface area contributed by atoms with Gasteiger partial charge in [-0.05, 0) is 56.9 Å². The zero-order valence-corrected chi connectivity index (χ0v) is 14.2. The fraction of sp³-hybridized carbons (Fsp3) is 0.647. The molecule has 1 N–H and O–H groups in total. The third-order valence-corrected chi connectivity index (χ3v) is 4.28. The molecule has 0 radical (unpaired) electrons. The minimum absolute atomic E-state index is 0.344. The van der Waals surface area contributed by atoms with Gasteiger partial charge in [0.05, 0.1) is 7.11 Å². The normalized spacial score (nSPS) is 12.4. The van der Waals surface area contributed by atoms with Crippen molar-refractivity contribution in [2.75, 3.05) is 25.7 Å². The Morgan fingerprint density at radius 2 is 1.95 bits per heavy atom. The standard InChI is InChI=1S/C17H29NOS/c1-14-9-10-16(17(13-14)19-3)15(2)18-11-7-5-6-8-12-20-4/h9-10,13,15,18H,5-8,11-12H2,1-4H3. The van der Waals surface area contributed by atoms with E-state index < -0.39 is 0 Å². The van der Waals surface area contributed by atoms with Crippen LogP contribution in [0, 0.1) is 6.92 Å². The predicted octanol–water partition coefficient (Wildman–Crippen LogP) is 4.58. The number of hydrogen-bond donors (Lipinski definition) is 1. The van der Waals surface area contributed by atoms with E-state index in [1.807, 2.05) is 11.8 Å². The summed E-state index contributed by atoms with van der Waals surface area (Å²) in [6.07, 6.45) is 7.46. The first-order chi connectivity index (χ1) is 9.69. The Balaban J connectivity index is 2.30. The highest BCUT2D eigenvalue weighted by molar-refractivity contribution is 7.98. The SMILES string of the molecule is COc1cc(C)ccc1C(C)NCCCCCCSC. The number of methoxy groups -OCH3 is 1. The average molecular weight is 295 g/mol. The van der Waals surface area contributed by atoms with Gasteiger partial charge in [0, 0.05) is 11.6 Å². The monoisotopic (exact) mass is 295 g/mol. The van der Waals surface area contributed by atoms with E-state index in [4.69, 9.17) is 4.74 Å². The van der Waals surface area contributed by atoms with Gasteiger partial charge < -0.3 is 10.1 Å². The molecule has 0 amide bonds. The Morgan fingerprint density at radius 3 is 2.65 bits per heavy atom. The molecular weight excluding hydrogens is 266 g/mol. The van der Waals surface area contributed by atoms with Crippen molar-refractivity contribution in [3.05, 3.63) is 29.3 Å². The number of thioether (sulfide) groups is 1. The summed E-state index contributed by atoms with van der Waals surface area (Å²) in [4.78, 5) is 0. The second-order valence-corrected chi connectivity index (χ2v) is 6.31. The molecular formula is C17H29NOS. The smallest absolute Gasteiger partial charge is 0.123 e. The molecule has 0 spiro atoms. The lowest BCUT2D eigenvalue weighted by molar-refractivity contribution is 0.400. The molecule has 0 saturated carbocycles. The lowest BCUT2D eigenvalue weighted by Crippen LogP contribution is -2.20. The minimum Gasteiger partial charge on any atom is -0.496 e. The first-order valence-electron chi connectivity index (χ1n) is 7.56. The van der Waals surface area contributed by atoms with Crippen LogP contribution >= 0.6 is 11.8 Å². The summed E-state index contributed by atoms with van der Waals surface area (Å²) in [6.45, 7) is 5.39. The van der Waals surface area contributed by atoms with Gasteiger partial charge in [0.1, 0.15) is 5.75 Å². The van der Waals surface area contributed by atoms with Gasteiger partial charge in [-0.1, -0.05) is 25.0 Å². The number of ether oxygens (including phenoxy) is 1. The molecule has 0 saturated heterocycles. The number of benzene rings is 1. The number of unbranched alkanes of at least 4 members (excludes halogenated alkanes) is 3. The number of hydrogen-bond acceptors (Lipinski definition) is 3. The minimum atomic E-state index is 0.344. The highest BCUT2D eigenvalue weighted by atomic mass is 32.2. The molecule has 3 heteroatoms. The topological polar surface area (TPSA) is 21.3 Å². The molecule has 1 aromatic carbocycles. The van der Waals surface area contributed by atoms with Crippen molar-refractivity contribution >= 4 is 11.8 Å². The van der Waals surface area contributed by atoms with E-state index in [-0.39, 0.29) is 0 Å². The zero-order chi connectivity index (χ0) is 14.8. The van der Waals surface area contributed by atoms with Crippen molar-refractivity contribution < 1.29 is 4.74 Å². The Kier molecular flexibility index (Phi) is 8.79. The van der Waals surface area contributed by atoms with E-state index in [9.17, 15) is 0 Å². The van der Waals surface area contributed by atoms with Gasteiger partial charge in [0.15, 0.2) is 0 Å². The third kappa shape index (κ3) is 6.19. The van der Waals surface area contributed by atoms with E-state index in [0.717, 1.165) is 12.3 Å². The highest BCUT2D eigenvalue weighted by Gasteiger charge is 2.10. The van der Waals surface area contributed by atoms with Gasteiger partial charge in [-0.3, -0.25) is 0 Å². The van der Waals surface area contributed by atoms with E-state index in [2.05, 4.69) is 43.6 Å². The molecule has 20 heavy (non-hydrogen) atoms. The van der Waals surface area contributed by atoms with Crippen LogP contribution in [0.4, 0.5) is 0 Å². The molecule has 1 atom stereocenters. The summed E-state index contributed by atoms with van der Waals surface area (Å²) in [5.74, 6) is 2.29. The van der Waals surface area contributed by atoms with Crippen molar-refractivity contribution in [3.63, 3.8) is 0 Å². The Labute approximate surface area is 128 Å². The van der Waals surface area contributed by atoms with E-state index in [1.165, 1.54) is 42.6 Å². The van der Waals surface area contributed by atoms with Crippen LogP contribution in [0.2, 0.25) is 0 Å². The molecule has 0 aliphatic heterocycles. The zero-order valence-electron chi connectivity index (χ0n) is 13.4. The van der Waals surface area contributed by atoms with Crippen LogP contribution in [0.25, 0.3) is 0 Å². The Bertz CT molecular complexity index is 381. The van der Waals surface area contributed by atoms with Crippen molar-refractivity contribution in [3.8, 4) is 5.75 Å². The van der Waals surface area contributed by atoms with Crippen LogP contribution in [0.3, 0.4) is 0 Å². The summed E-state index contributed by atoms with van der Waals surface area (Å²) >= 11 is 1.94.